The molecule has 2 heterocycles. The van der Waals surface area contributed by atoms with E-state index in [2.05, 4.69) is 332 Å². The monoisotopic (exact) mass is 1060 g/mol. The molecule has 394 valence electrons. The summed E-state index contributed by atoms with van der Waals surface area (Å²) in [5.41, 5.74) is 28.0. The molecule has 0 radical (unpaired) electrons. The van der Waals surface area contributed by atoms with Crippen LogP contribution in [0.5, 0.6) is 0 Å². The van der Waals surface area contributed by atoms with E-state index < -0.39 is 0 Å². The smallest absolute Gasteiger partial charge is 0.294 e. The maximum Gasteiger partial charge on any atom is 0.294 e. The molecule has 12 aromatic rings. The molecule has 3 aliphatic rings. The predicted octanol–water partition coefficient (Wildman–Crippen LogP) is 18.6. The van der Waals surface area contributed by atoms with Crippen LogP contribution in [0.25, 0.3) is 50.4 Å². The van der Waals surface area contributed by atoms with Crippen LogP contribution in [-0.4, -0.2) is 21.9 Å². The lowest BCUT2D eigenvalue weighted by molar-refractivity contribution is -0.633. The standard InChI is InChI=1S/C77H63N5/c1-76(2)66-47-59(80(54-25-13-8-14-26-54)57-39-35-52(36-40-57)74-73(51-23-11-7-12-24-51)63-31-19-20-32-70(63)78(74)5)43-45-61(66)64-49-69-65(50-68(64)76)62-46-44-60(48-67(62)77(69,3)4)81(55-27-15-9-16-28-55)58-41-37-53(38-42-58)75-79(6)71-33-21-22-34-72(71)82(75)56-29-17-10-18-30-56/h7-50,73H,1-6H3/q+2. The number of anilines is 6. The van der Waals surface area contributed by atoms with Gasteiger partial charge in [-0.15, -0.1) is 0 Å². The van der Waals surface area contributed by atoms with Crippen molar-refractivity contribution >= 4 is 56.6 Å². The summed E-state index contributed by atoms with van der Waals surface area (Å²) in [4.78, 5) is 4.83. The molecule has 1 unspecified atom stereocenters. The number of aryl methyl sites for hydroxylation is 1. The highest BCUT2D eigenvalue weighted by Crippen LogP contribution is 2.58. The zero-order chi connectivity index (χ0) is 55.4. The Morgan fingerprint density at radius 1 is 0.378 bits per heavy atom. The molecule has 1 aromatic heterocycles. The molecule has 0 saturated heterocycles. The normalized spacial score (nSPS) is 15.0. The Bertz CT molecular complexity index is 4500. The SMILES string of the molecule is C[N+]1=C(c2ccc(N(c3ccccc3)c3ccc4c(c3)C(C)(C)c3cc5c(cc3-4)C(C)(C)c3cc(N(c4ccccc4)c4ccc(-c6n(-c7ccccc7)c7ccccc7[n+]6C)cc4)ccc3-5)cc2)C(c2ccccc2)c2ccccc21. The third-order valence-electron chi connectivity index (χ3n) is 18.2. The van der Waals surface area contributed by atoms with E-state index in [4.69, 9.17) is 0 Å². The number of benzene rings is 11. The Hall–Kier alpha value is -9.84. The minimum Gasteiger partial charge on any atom is -0.310 e. The number of aromatic nitrogens is 2. The molecule has 15 rings (SSSR count). The van der Waals surface area contributed by atoms with Crippen molar-refractivity contribution in [1.29, 1.82) is 0 Å². The molecule has 5 heteroatoms. The van der Waals surface area contributed by atoms with Gasteiger partial charge in [-0.05, 0) is 184 Å². The van der Waals surface area contributed by atoms with Crippen LogP contribution in [0.3, 0.4) is 0 Å². The van der Waals surface area contributed by atoms with Crippen LogP contribution in [-0.2, 0) is 17.9 Å². The largest absolute Gasteiger partial charge is 0.310 e. The molecule has 1 atom stereocenters. The summed E-state index contributed by atoms with van der Waals surface area (Å²) in [6.45, 7) is 9.66. The van der Waals surface area contributed by atoms with Gasteiger partial charge in [0.15, 0.2) is 11.0 Å². The third-order valence-corrected chi connectivity index (χ3v) is 18.2. The summed E-state index contributed by atoms with van der Waals surface area (Å²) >= 11 is 0. The second kappa shape index (κ2) is 18.9. The molecular formula is C77H63N5+2. The zero-order valence-electron chi connectivity index (χ0n) is 47.2. The molecule has 0 N–H and O–H groups in total. The highest BCUT2D eigenvalue weighted by molar-refractivity contribution is 6.07. The second-order valence-electron chi connectivity index (χ2n) is 23.5. The first kappa shape index (κ1) is 49.2. The van der Waals surface area contributed by atoms with Gasteiger partial charge in [0.25, 0.3) is 5.82 Å². The maximum atomic E-state index is 2.53. The molecule has 5 nitrogen and oxygen atoms in total. The van der Waals surface area contributed by atoms with E-state index in [0.29, 0.717) is 0 Å². The van der Waals surface area contributed by atoms with Crippen LogP contribution in [0, 0.1) is 0 Å². The Balaban J connectivity index is 0.770. The minimum atomic E-state index is -0.250. The van der Waals surface area contributed by atoms with Crippen molar-refractivity contribution in [1.82, 2.24) is 4.57 Å². The quantitative estimate of drug-likeness (QED) is 0.127. The first-order valence-corrected chi connectivity index (χ1v) is 28.7. The Morgan fingerprint density at radius 3 is 1.35 bits per heavy atom. The third kappa shape index (κ3) is 7.60. The first-order valence-electron chi connectivity index (χ1n) is 28.7. The van der Waals surface area contributed by atoms with Crippen molar-refractivity contribution in [2.75, 3.05) is 16.8 Å². The summed E-state index contributed by atoms with van der Waals surface area (Å²) in [5, 5.41) is 0. The molecule has 82 heavy (non-hydrogen) atoms. The van der Waals surface area contributed by atoms with Gasteiger partial charge in [-0.1, -0.05) is 155 Å². The van der Waals surface area contributed by atoms with E-state index in [0.717, 1.165) is 51.2 Å². The van der Waals surface area contributed by atoms with Crippen LogP contribution < -0.4 is 14.4 Å². The van der Waals surface area contributed by atoms with Gasteiger partial charge in [-0.2, -0.15) is 9.14 Å². The summed E-state index contributed by atoms with van der Waals surface area (Å²) in [6.07, 6.45) is 0. The predicted molar refractivity (Wildman–Crippen MR) is 339 cm³/mol. The van der Waals surface area contributed by atoms with Gasteiger partial charge in [-0.3, -0.25) is 0 Å². The number of hydrogen-bond donors (Lipinski definition) is 0. The van der Waals surface area contributed by atoms with E-state index in [1.807, 2.05) is 0 Å². The molecule has 1 aliphatic heterocycles. The van der Waals surface area contributed by atoms with Crippen molar-refractivity contribution in [3.63, 3.8) is 0 Å². The van der Waals surface area contributed by atoms with Crippen molar-refractivity contribution < 1.29 is 9.14 Å². The molecule has 0 spiro atoms. The van der Waals surface area contributed by atoms with Crippen LogP contribution in [0.15, 0.2) is 267 Å². The number of nitrogens with zero attached hydrogens (tertiary/aromatic N) is 5. The molecule has 0 amide bonds. The molecule has 2 aliphatic carbocycles. The first-order chi connectivity index (χ1) is 40.0. The average molecular weight is 1060 g/mol. The highest BCUT2D eigenvalue weighted by Gasteiger charge is 2.43. The summed E-state index contributed by atoms with van der Waals surface area (Å²) in [7, 11) is 4.39. The fourth-order valence-corrected chi connectivity index (χ4v) is 14.1. The lowest BCUT2D eigenvalue weighted by Gasteiger charge is -2.28. The van der Waals surface area contributed by atoms with Crippen LogP contribution >= 0.6 is 0 Å². The molecular weight excluding hydrogens is 995 g/mol. The zero-order valence-corrected chi connectivity index (χ0v) is 47.2. The van der Waals surface area contributed by atoms with E-state index in [1.54, 1.807) is 0 Å². The van der Waals surface area contributed by atoms with E-state index in [1.165, 1.54) is 83.6 Å². The van der Waals surface area contributed by atoms with Gasteiger partial charge in [-0.25, -0.2) is 4.57 Å². The molecule has 0 saturated carbocycles. The van der Waals surface area contributed by atoms with Gasteiger partial charge in [0.2, 0.25) is 11.4 Å². The van der Waals surface area contributed by atoms with Crippen LogP contribution in [0.4, 0.5) is 39.8 Å². The summed E-state index contributed by atoms with van der Waals surface area (Å²) in [5.74, 6) is 1.28. The Labute approximate surface area is 481 Å². The topological polar surface area (TPSA) is 18.3 Å². The maximum absolute atomic E-state index is 2.53. The van der Waals surface area contributed by atoms with Gasteiger partial charge in [0.1, 0.15) is 18.7 Å². The summed E-state index contributed by atoms with van der Waals surface area (Å²) < 4.78 is 7.08. The molecule has 0 bridgehead atoms. The van der Waals surface area contributed by atoms with Gasteiger partial charge in [0, 0.05) is 62.1 Å². The Morgan fingerprint density at radius 2 is 0.805 bits per heavy atom. The van der Waals surface area contributed by atoms with E-state index >= 15 is 0 Å². The average Bonchev–Trinajstić information content (AvgIpc) is 2.80. The highest BCUT2D eigenvalue weighted by atomic mass is 15.2. The minimum absolute atomic E-state index is 0.146. The fraction of sp³-hybridized carbons (Fsp3) is 0.117. The fourth-order valence-electron chi connectivity index (χ4n) is 14.1. The van der Waals surface area contributed by atoms with Gasteiger partial charge in [0.05, 0.1) is 12.6 Å². The van der Waals surface area contributed by atoms with Crippen molar-refractivity contribution in [2.24, 2.45) is 7.05 Å². The lowest BCUT2D eigenvalue weighted by Crippen LogP contribution is -2.30. The number of para-hydroxylation sites is 6. The Kier molecular flexibility index (Phi) is 11.3. The molecule has 0 fully saturated rings. The van der Waals surface area contributed by atoms with Gasteiger partial charge < -0.3 is 9.80 Å². The van der Waals surface area contributed by atoms with Gasteiger partial charge >= 0.3 is 0 Å². The lowest BCUT2D eigenvalue weighted by atomic mass is 9.79. The molecule has 11 aromatic carbocycles. The second-order valence-corrected chi connectivity index (χ2v) is 23.5. The van der Waals surface area contributed by atoms with Crippen LogP contribution in [0.1, 0.15) is 72.6 Å². The van der Waals surface area contributed by atoms with E-state index in [9.17, 15) is 0 Å². The number of hydrogen-bond acceptors (Lipinski definition) is 2. The number of imidazole rings is 1. The number of fused-ring (bicyclic) bond motifs is 8. The van der Waals surface area contributed by atoms with Crippen molar-refractivity contribution in [3.05, 3.63) is 306 Å². The number of rotatable bonds is 10. The van der Waals surface area contributed by atoms with E-state index in [-0.39, 0.29) is 16.7 Å². The van der Waals surface area contributed by atoms with Crippen molar-refractivity contribution in [3.8, 4) is 39.3 Å². The van der Waals surface area contributed by atoms with Crippen molar-refractivity contribution in [2.45, 2.75) is 44.4 Å². The summed E-state index contributed by atoms with van der Waals surface area (Å²) in [6, 6.07) is 98.6. The van der Waals surface area contributed by atoms with Crippen LogP contribution in [0.2, 0.25) is 0 Å².